The zero-order valence-electron chi connectivity index (χ0n) is 28.2. The monoisotopic (exact) mass is 682 g/mol. The van der Waals surface area contributed by atoms with Crippen LogP contribution >= 0.6 is 7.60 Å². The van der Waals surface area contributed by atoms with Gasteiger partial charge in [0, 0.05) is 12.0 Å². The number of unbranched alkanes of at least 4 members (excludes halogenated alkanes) is 1. The molecule has 47 heavy (non-hydrogen) atoms. The maximum Gasteiger partial charge on any atom is 0.510 e. The summed E-state index contributed by atoms with van der Waals surface area (Å²) in [7, 11) is -4.18. The first-order chi connectivity index (χ1) is 22.3. The number of anilines is 1. The Kier molecular flexibility index (Phi) is 14.2. The van der Waals surface area contributed by atoms with E-state index >= 15 is 0 Å². The largest absolute Gasteiger partial charge is 0.510 e. The molecule has 15 nitrogen and oxygen atoms in total. The van der Waals surface area contributed by atoms with Gasteiger partial charge < -0.3 is 38.7 Å². The lowest BCUT2D eigenvalue weighted by Gasteiger charge is -2.34. The summed E-state index contributed by atoms with van der Waals surface area (Å²) in [5.74, 6) is 0.908. The minimum Gasteiger partial charge on any atom is -0.432 e. The van der Waals surface area contributed by atoms with E-state index in [0.717, 1.165) is 23.7 Å². The van der Waals surface area contributed by atoms with Crippen LogP contribution < -0.4 is 5.73 Å². The molecule has 2 heterocycles. The zero-order valence-corrected chi connectivity index (χ0v) is 29.1. The van der Waals surface area contributed by atoms with Crippen LogP contribution in [0.4, 0.5) is 15.4 Å². The van der Waals surface area contributed by atoms with Gasteiger partial charge in [-0.2, -0.15) is 0 Å². The van der Waals surface area contributed by atoms with Crippen LogP contribution in [0.5, 0.6) is 0 Å². The smallest absolute Gasteiger partial charge is 0.432 e. The van der Waals surface area contributed by atoms with Gasteiger partial charge in [-0.25, -0.2) is 19.6 Å². The van der Waals surface area contributed by atoms with Crippen molar-refractivity contribution in [2.24, 2.45) is 0 Å². The van der Waals surface area contributed by atoms with Crippen molar-refractivity contribution in [3.63, 3.8) is 0 Å². The summed E-state index contributed by atoms with van der Waals surface area (Å²) < 4.78 is 58.0. The molecule has 262 valence electrons. The third-order valence-electron chi connectivity index (χ3n) is 6.81. The highest BCUT2D eigenvalue weighted by molar-refractivity contribution is 7.53. The summed E-state index contributed by atoms with van der Waals surface area (Å²) in [5, 5.41) is 0.850. The van der Waals surface area contributed by atoms with Crippen molar-refractivity contribution in [1.82, 2.24) is 14.5 Å². The van der Waals surface area contributed by atoms with Gasteiger partial charge in [-0.15, -0.1) is 0 Å². The number of carbonyl (C=O) groups excluding carboxylic acids is 2. The fourth-order valence-corrected chi connectivity index (χ4v) is 5.74. The number of carbonyl (C=O) groups is 2. The topological polar surface area (TPSA) is 182 Å². The van der Waals surface area contributed by atoms with Gasteiger partial charge in [0.05, 0.1) is 35.4 Å². The van der Waals surface area contributed by atoms with E-state index in [9.17, 15) is 14.2 Å². The van der Waals surface area contributed by atoms with Crippen LogP contribution in [0, 0.1) is 0 Å². The van der Waals surface area contributed by atoms with Gasteiger partial charge in [0.25, 0.3) is 0 Å². The lowest BCUT2D eigenvalue weighted by Crippen LogP contribution is -2.37. The van der Waals surface area contributed by atoms with Gasteiger partial charge in [0.15, 0.2) is 5.82 Å². The minimum absolute atomic E-state index is 0.0251. The molecule has 16 heteroatoms. The van der Waals surface area contributed by atoms with Gasteiger partial charge in [0.2, 0.25) is 13.6 Å². The lowest BCUT2D eigenvalue weighted by molar-refractivity contribution is -0.0360. The summed E-state index contributed by atoms with van der Waals surface area (Å²) in [4.78, 5) is 33.1. The number of imidazole rings is 1. The number of fused-ring (bicyclic) bond motifs is 3. The van der Waals surface area contributed by atoms with Crippen LogP contribution in [0.1, 0.15) is 73.6 Å². The molecule has 0 fully saturated rings. The number of nitrogen functional groups attached to an aromatic ring is 1. The maximum atomic E-state index is 13.7. The molecule has 0 saturated carbocycles. The van der Waals surface area contributed by atoms with E-state index in [-0.39, 0.29) is 19.0 Å². The quantitative estimate of drug-likeness (QED) is 0.0787. The standard InChI is InChI=1S/C31H47N4O11P/c1-8-10-15-31(7,35-25(16-39-9-2)34-26-27(35)23-13-11-12-14-24(23)33-28(26)32)17-40-20-47(38,43-18-41-29(36)45-21(3)4)44-19-42-30(37)46-22(5)6/h11-14,21-22H,8-10,15-20H2,1-7H3,(H2,32,33). The Balaban J connectivity index is 1.92. The number of ether oxygens (including phenoxy) is 6. The van der Waals surface area contributed by atoms with Crippen molar-refractivity contribution in [1.29, 1.82) is 0 Å². The van der Waals surface area contributed by atoms with E-state index in [1.54, 1.807) is 27.7 Å². The molecule has 3 rings (SSSR count). The number of nitrogens with zero attached hydrogens (tertiary/aromatic N) is 3. The van der Waals surface area contributed by atoms with Gasteiger partial charge in [-0.05, 0) is 54.0 Å². The van der Waals surface area contributed by atoms with Crippen LogP contribution in [0.3, 0.4) is 0 Å². The molecular formula is C31H47N4O11P. The Morgan fingerprint density at radius 1 is 0.957 bits per heavy atom. The molecule has 3 aromatic rings. The number of hydrogen-bond acceptors (Lipinski definition) is 14. The molecule has 0 aliphatic rings. The summed E-state index contributed by atoms with van der Waals surface area (Å²) in [6, 6.07) is 7.64. The second kappa shape index (κ2) is 17.6. The molecule has 1 aromatic carbocycles. The molecule has 0 saturated heterocycles. The van der Waals surface area contributed by atoms with Gasteiger partial charge >= 0.3 is 19.9 Å². The number of rotatable bonds is 19. The van der Waals surface area contributed by atoms with Gasteiger partial charge in [-0.3, -0.25) is 13.6 Å². The van der Waals surface area contributed by atoms with Gasteiger partial charge in [-0.1, -0.05) is 38.0 Å². The lowest BCUT2D eigenvalue weighted by atomic mass is 9.94. The second-order valence-corrected chi connectivity index (χ2v) is 13.5. The third kappa shape index (κ3) is 10.8. The molecule has 0 radical (unpaired) electrons. The Morgan fingerprint density at radius 2 is 1.57 bits per heavy atom. The Bertz CT molecular complexity index is 1500. The predicted molar refractivity (Wildman–Crippen MR) is 174 cm³/mol. The third-order valence-corrected chi connectivity index (χ3v) is 8.31. The average molecular weight is 683 g/mol. The van der Waals surface area contributed by atoms with E-state index in [1.807, 2.05) is 38.1 Å². The van der Waals surface area contributed by atoms with Crippen LogP contribution in [-0.4, -0.2) is 72.2 Å². The van der Waals surface area contributed by atoms with Crippen molar-refractivity contribution in [2.75, 3.05) is 38.9 Å². The van der Waals surface area contributed by atoms with E-state index < -0.39 is 57.6 Å². The fourth-order valence-electron chi connectivity index (χ4n) is 4.78. The number of para-hydroxylation sites is 1. The van der Waals surface area contributed by atoms with E-state index in [2.05, 4.69) is 16.5 Å². The number of hydrogen-bond donors (Lipinski definition) is 1. The summed E-state index contributed by atoms with van der Waals surface area (Å²) in [6.07, 6.45) is -1.13. The molecule has 2 N–H and O–H groups in total. The Hall–Kier alpha value is -3.49. The molecule has 1 atom stereocenters. The van der Waals surface area contributed by atoms with Crippen molar-refractivity contribution >= 4 is 47.7 Å². The number of pyridine rings is 1. The summed E-state index contributed by atoms with van der Waals surface area (Å²) >= 11 is 0. The molecule has 0 spiro atoms. The number of nitrogens with two attached hydrogens (primary N) is 1. The second-order valence-electron chi connectivity index (χ2n) is 11.5. The summed E-state index contributed by atoms with van der Waals surface area (Å²) in [6.45, 7) is 11.7. The first-order valence-corrected chi connectivity index (χ1v) is 17.3. The van der Waals surface area contributed by atoms with Crippen molar-refractivity contribution in [3.8, 4) is 0 Å². The van der Waals surface area contributed by atoms with Crippen LogP contribution in [0.25, 0.3) is 21.9 Å². The van der Waals surface area contributed by atoms with Crippen LogP contribution in [0.15, 0.2) is 24.3 Å². The van der Waals surface area contributed by atoms with Crippen LogP contribution in [0.2, 0.25) is 0 Å². The first-order valence-electron chi connectivity index (χ1n) is 15.6. The van der Waals surface area contributed by atoms with Crippen molar-refractivity contribution < 1.29 is 51.6 Å². The van der Waals surface area contributed by atoms with Crippen molar-refractivity contribution in [3.05, 3.63) is 30.1 Å². The Labute approximate surface area is 274 Å². The number of aromatic nitrogens is 3. The molecule has 0 bridgehead atoms. The summed E-state index contributed by atoms with van der Waals surface area (Å²) in [5.41, 5.74) is 7.66. The highest BCUT2D eigenvalue weighted by atomic mass is 31.2. The highest BCUT2D eigenvalue weighted by Crippen LogP contribution is 2.48. The molecule has 2 aromatic heterocycles. The fraction of sp³-hybridized carbons (Fsp3) is 0.613. The van der Waals surface area contributed by atoms with Crippen LogP contribution in [-0.2, 0) is 54.2 Å². The van der Waals surface area contributed by atoms with E-state index in [1.165, 1.54) is 0 Å². The van der Waals surface area contributed by atoms with Gasteiger partial charge in [0.1, 0.15) is 24.3 Å². The average Bonchev–Trinajstić information content (AvgIpc) is 3.39. The van der Waals surface area contributed by atoms with Crippen molar-refractivity contribution in [2.45, 2.75) is 92.1 Å². The molecule has 1 unspecified atom stereocenters. The van der Waals surface area contributed by atoms with E-state index in [0.29, 0.717) is 29.9 Å². The highest BCUT2D eigenvalue weighted by Gasteiger charge is 2.35. The Morgan fingerprint density at radius 3 is 2.15 bits per heavy atom. The predicted octanol–water partition coefficient (Wildman–Crippen LogP) is 6.85. The number of benzene rings is 1. The maximum absolute atomic E-state index is 13.7. The zero-order chi connectivity index (χ0) is 34.6. The molecular weight excluding hydrogens is 635 g/mol. The van der Waals surface area contributed by atoms with E-state index in [4.69, 9.17) is 48.2 Å². The molecule has 0 aliphatic carbocycles. The minimum atomic E-state index is -4.18. The first kappa shape index (κ1) is 38.0. The normalized spacial score (nSPS) is 13.3. The molecule has 0 aliphatic heterocycles. The SMILES string of the molecule is CCCCC(C)(COCP(=O)(OCOC(=O)OC(C)C)OCOC(=O)OC(C)C)n1c(COCC)nc2c(N)nc3ccccc3c21. The molecule has 0 amide bonds.